The number of likely N-dealkylation sites (N-methyl/N-ethyl adjacent to an activating group) is 1. The van der Waals surface area contributed by atoms with Crippen molar-refractivity contribution in [2.75, 3.05) is 32.5 Å². The number of carbonyl (C=O) groups is 2. The highest BCUT2D eigenvalue weighted by Crippen LogP contribution is 2.54. The van der Waals surface area contributed by atoms with E-state index in [2.05, 4.69) is 25.4 Å². The van der Waals surface area contributed by atoms with E-state index in [1.165, 1.54) is 12.1 Å². The van der Waals surface area contributed by atoms with Gasteiger partial charge >= 0.3 is 6.18 Å². The van der Waals surface area contributed by atoms with Crippen molar-refractivity contribution in [2.24, 2.45) is 0 Å². The summed E-state index contributed by atoms with van der Waals surface area (Å²) in [4.78, 5) is 33.3. The topological polar surface area (TPSA) is 96.0 Å². The highest BCUT2D eigenvalue weighted by molar-refractivity contribution is 5.95. The van der Waals surface area contributed by atoms with Crippen LogP contribution < -0.4 is 20.1 Å². The molecule has 236 valence electrons. The lowest BCUT2D eigenvalue weighted by atomic mass is 10.00. The zero-order valence-corrected chi connectivity index (χ0v) is 25.0. The number of carbonyl (C=O) groups excluding carboxylic acids is 2. The third kappa shape index (κ3) is 5.84. The van der Waals surface area contributed by atoms with Gasteiger partial charge in [-0.2, -0.15) is 13.2 Å². The maximum Gasteiger partial charge on any atom is 0.416 e. The number of hydrogen-bond donors (Lipinski definition) is 2. The van der Waals surface area contributed by atoms with Crippen molar-refractivity contribution in [1.29, 1.82) is 0 Å². The number of halogens is 3. The molecule has 12 heteroatoms. The van der Waals surface area contributed by atoms with Gasteiger partial charge in [0.25, 0.3) is 5.91 Å². The van der Waals surface area contributed by atoms with Crippen LogP contribution in [-0.2, 0) is 23.9 Å². The fraction of sp³-hybridized carbons (Fsp3) is 0.424. The van der Waals surface area contributed by atoms with Crippen molar-refractivity contribution < 1.29 is 32.2 Å². The number of hydrogen-bond acceptors (Lipinski definition) is 7. The Bertz CT molecular complexity index is 1660. The molecule has 0 radical (unpaired) electrons. The summed E-state index contributed by atoms with van der Waals surface area (Å²) in [5.74, 6) is 1.54. The number of aromatic nitrogens is 1. The molecule has 1 saturated heterocycles. The summed E-state index contributed by atoms with van der Waals surface area (Å²) in [6, 6.07) is 11.0. The third-order valence-electron chi connectivity index (χ3n) is 9.24. The van der Waals surface area contributed by atoms with Gasteiger partial charge in [0, 0.05) is 48.4 Å². The fourth-order valence-corrected chi connectivity index (χ4v) is 6.75. The summed E-state index contributed by atoms with van der Waals surface area (Å²) < 4.78 is 54.7. The smallest absolute Gasteiger partial charge is 0.416 e. The number of alkyl halides is 3. The third-order valence-corrected chi connectivity index (χ3v) is 9.24. The zero-order chi connectivity index (χ0) is 31.5. The number of benzene rings is 2. The Morgan fingerprint density at radius 2 is 2.02 bits per heavy atom. The molecule has 4 aliphatic rings. The van der Waals surface area contributed by atoms with Gasteiger partial charge in [0.1, 0.15) is 29.2 Å². The van der Waals surface area contributed by atoms with Crippen LogP contribution in [0.3, 0.4) is 0 Å². The maximum absolute atomic E-state index is 14.2. The molecule has 2 fully saturated rings. The first-order valence-electron chi connectivity index (χ1n) is 15.2. The van der Waals surface area contributed by atoms with Crippen molar-refractivity contribution in [1.82, 2.24) is 20.1 Å². The molecule has 1 aromatic heterocycles. The lowest BCUT2D eigenvalue weighted by molar-refractivity contribution is -0.138. The molecule has 2 N–H and O–H groups in total. The fourth-order valence-electron chi connectivity index (χ4n) is 6.75. The normalized spacial score (nSPS) is 23.8. The summed E-state index contributed by atoms with van der Waals surface area (Å²) in [5.41, 5.74) is 1.04. The molecule has 3 aliphatic heterocycles. The lowest BCUT2D eigenvalue weighted by Gasteiger charge is -2.36. The first-order chi connectivity index (χ1) is 21.5. The zero-order valence-electron chi connectivity index (χ0n) is 25.0. The second-order valence-electron chi connectivity index (χ2n) is 12.5. The average Bonchev–Trinajstić information content (AvgIpc) is 3.52. The Kier molecular flexibility index (Phi) is 7.44. The summed E-state index contributed by atoms with van der Waals surface area (Å²) in [6.45, 7) is 1.62. The Morgan fingerprint density at radius 1 is 1.18 bits per heavy atom. The number of nitrogens with one attached hydrogen (secondary N) is 2. The predicted molar refractivity (Wildman–Crippen MR) is 160 cm³/mol. The second-order valence-corrected chi connectivity index (χ2v) is 12.5. The van der Waals surface area contributed by atoms with E-state index in [1.54, 1.807) is 18.3 Å². The Hall–Kier alpha value is -4.16. The molecule has 0 spiro atoms. The highest BCUT2D eigenvalue weighted by Gasteiger charge is 2.59. The summed E-state index contributed by atoms with van der Waals surface area (Å²) in [7, 11) is 3.98. The number of likely N-dealkylation sites (tertiary alicyclic amines) is 1. The van der Waals surface area contributed by atoms with Gasteiger partial charge in [0.2, 0.25) is 5.91 Å². The van der Waals surface area contributed by atoms with Gasteiger partial charge in [0.15, 0.2) is 0 Å². The van der Waals surface area contributed by atoms with Gasteiger partial charge in [-0.25, -0.2) is 4.98 Å². The number of fused-ring (bicyclic) bond motifs is 4. The minimum atomic E-state index is -4.59. The monoisotopic (exact) mass is 621 g/mol. The van der Waals surface area contributed by atoms with Crippen molar-refractivity contribution in [2.45, 2.75) is 62.5 Å². The van der Waals surface area contributed by atoms with Gasteiger partial charge in [-0.15, -0.1) is 0 Å². The molecule has 3 aromatic rings. The second kappa shape index (κ2) is 11.3. The number of ether oxygens (including phenoxy) is 2. The molecular formula is C33H34F3N5O4. The van der Waals surface area contributed by atoms with E-state index in [9.17, 15) is 22.8 Å². The van der Waals surface area contributed by atoms with Gasteiger partial charge < -0.3 is 25.0 Å². The SMILES string of the molecule is CN(C)C1CCCN(Cc2ccc(C(=O)NC3C4Oc5ccc(Oc6ccnc7c6CCC(=O)N7)cc5C34)cc2C(F)(F)F)C1. The molecule has 1 aliphatic carbocycles. The molecule has 45 heavy (non-hydrogen) atoms. The van der Waals surface area contributed by atoms with Crippen LogP contribution >= 0.6 is 0 Å². The standard InChI is InChI=1S/C33H34F3N5O4/c1-40(2)20-4-3-13-41(17-20)16-19-6-5-18(14-24(19)33(34,35)36)32(43)39-29-28-23-15-21(7-9-25(23)45-30(28)29)44-26-11-12-37-31-22(26)8-10-27(42)38-31/h5-7,9,11-12,14-15,20,28-30H,3-4,8,10,13,16-17H2,1-2H3,(H,39,43)(H,37,38,42). The minimum absolute atomic E-state index is 0.0345. The van der Waals surface area contributed by atoms with E-state index < -0.39 is 17.6 Å². The van der Waals surface area contributed by atoms with Crippen LogP contribution in [-0.4, -0.2) is 72.0 Å². The number of anilines is 1. The Morgan fingerprint density at radius 3 is 2.82 bits per heavy atom. The lowest BCUT2D eigenvalue weighted by Crippen LogP contribution is -2.44. The number of piperidine rings is 1. The first-order valence-corrected chi connectivity index (χ1v) is 15.2. The van der Waals surface area contributed by atoms with Crippen LogP contribution in [0.2, 0.25) is 0 Å². The average molecular weight is 622 g/mol. The van der Waals surface area contributed by atoms with Crippen molar-refractivity contribution in [3.05, 3.63) is 76.5 Å². The van der Waals surface area contributed by atoms with Crippen molar-refractivity contribution in [3.8, 4) is 17.2 Å². The van der Waals surface area contributed by atoms with Crippen molar-refractivity contribution >= 4 is 17.6 Å². The molecule has 2 amide bonds. The van der Waals surface area contributed by atoms with E-state index in [1.807, 2.05) is 26.2 Å². The molecule has 4 unspecified atom stereocenters. The van der Waals surface area contributed by atoms with Crippen LogP contribution in [0.15, 0.2) is 48.7 Å². The van der Waals surface area contributed by atoms with Crippen molar-refractivity contribution in [3.63, 3.8) is 0 Å². The predicted octanol–water partition coefficient (Wildman–Crippen LogP) is 4.96. The van der Waals surface area contributed by atoms with Gasteiger partial charge in [-0.3, -0.25) is 14.5 Å². The molecule has 9 nitrogen and oxygen atoms in total. The number of rotatable bonds is 7. The quantitative estimate of drug-likeness (QED) is 0.385. The van der Waals surface area contributed by atoms with Crippen LogP contribution in [0, 0.1) is 0 Å². The molecule has 1 saturated carbocycles. The van der Waals surface area contributed by atoms with E-state index in [0.29, 0.717) is 48.5 Å². The summed E-state index contributed by atoms with van der Waals surface area (Å²) in [6.07, 6.45) is -0.495. The van der Waals surface area contributed by atoms with E-state index in [0.717, 1.165) is 36.6 Å². The minimum Gasteiger partial charge on any atom is -0.487 e. The van der Waals surface area contributed by atoms with Crippen LogP contribution in [0.25, 0.3) is 0 Å². The Labute approximate surface area is 258 Å². The molecule has 2 aromatic carbocycles. The molecular weight excluding hydrogens is 587 g/mol. The number of nitrogens with zero attached hydrogens (tertiary/aromatic N) is 3. The van der Waals surface area contributed by atoms with Crippen LogP contribution in [0.1, 0.15) is 57.8 Å². The van der Waals surface area contributed by atoms with Crippen LogP contribution in [0.5, 0.6) is 17.2 Å². The highest BCUT2D eigenvalue weighted by atomic mass is 19.4. The number of amides is 2. The van der Waals surface area contributed by atoms with Crippen LogP contribution in [0.4, 0.5) is 19.0 Å². The van der Waals surface area contributed by atoms with Gasteiger partial charge in [-0.1, -0.05) is 6.07 Å². The largest absolute Gasteiger partial charge is 0.487 e. The van der Waals surface area contributed by atoms with E-state index in [-0.39, 0.29) is 41.6 Å². The number of pyridine rings is 1. The molecule has 4 atom stereocenters. The van der Waals surface area contributed by atoms with Gasteiger partial charge in [-0.05, 0) is 81.9 Å². The maximum atomic E-state index is 14.2. The van der Waals surface area contributed by atoms with E-state index in [4.69, 9.17) is 9.47 Å². The molecule has 0 bridgehead atoms. The summed E-state index contributed by atoms with van der Waals surface area (Å²) >= 11 is 0. The Balaban J connectivity index is 1.04. The van der Waals surface area contributed by atoms with Gasteiger partial charge in [0.05, 0.1) is 17.5 Å². The van der Waals surface area contributed by atoms with E-state index >= 15 is 0 Å². The molecule has 7 rings (SSSR count). The summed E-state index contributed by atoms with van der Waals surface area (Å²) in [5, 5.41) is 5.65. The first kappa shape index (κ1) is 29.5. The molecule has 4 heterocycles.